The molecule has 0 aliphatic carbocycles. The van der Waals surface area contributed by atoms with Crippen molar-refractivity contribution >= 4 is 5.91 Å². The molecule has 0 radical (unpaired) electrons. The highest BCUT2D eigenvalue weighted by molar-refractivity contribution is 5.92. The fourth-order valence-corrected chi connectivity index (χ4v) is 3.01. The predicted molar refractivity (Wildman–Crippen MR) is 91.1 cm³/mol. The van der Waals surface area contributed by atoms with Crippen molar-refractivity contribution in [3.8, 4) is 5.69 Å². The molecule has 4 rings (SSSR count). The number of rotatable bonds is 4. The molecule has 0 atom stereocenters. The average Bonchev–Trinajstić information content (AvgIpc) is 3.34. The Hall–Kier alpha value is -3.00. The number of H-pyrrole nitrogens is 1. The van der Waals surface area contributed by atoms with E-state index in [1.165, 1.54) is 6.20 Å². The number of benzene rings is 1. The number of aromatic amines is 1. The SMILES string of the molecule is O=C(c1cnnn1-c1ccccc1)N1CCN(Cc2ncc[nH]2)CC1. The number of hydrogen-bond donors (Lipinski definition) is 1. The lowest BCUT2D eigenvalue weighted by atomic mass is 10.2. The first-order valence-corrected chi connectivity index (χ1v) is 8.27. The van der Waals surface area contributed by atoms with Crippen molar-refractivity contribution < 1.29 is 4.79 Å². The molecule has 1 amide bonds. The maximum Gasteiger partial charge on any atom is 0.274 e. The molecular formula is C17H19N7O. The molecule has 0 unspecified atom stereocenters. The van der Waals surface area contributed by atoms with Gasteiger partial charge in [-0.3, -0.25) is 9.69 Å². The van der Waals surface area contributed by atoms with Crippen molar-refractivity contribution in [1.82, 2.24) is 34.8 Å². The minimum Gasteiger partial charge on any atom is -0.348 e. The van der Waals surface area contributed by atoms with Gasteiger partial charge in [0, 0.05) is 38.6 Å². The molecule has 1 saturated heterocycles. The van der Waals surface area contributed by atoms with Crippen LogP contribution in [0.15, 0.2) is 48.9 Å². The average molecular weight is 337 g/mol. The van der Waals surface area contributed by atoms with E-state index in [1.54, 1.807) is 10.9 Å². The van der Waals surface area contributed by atoms with Gasteiger partial charge in [0.25, 0.3) is 5.91 Å². The van der Waals surface area contributed by atoms with Crippen LogP contribution in [-0.4, -0.2) is 66.8 Å². The van der Waals surface area contributed by atoms with Crippen molar-refractivity contribution in [3.63, 3.8) is 0 Å². The van der Waals surface area contributed by atoms with Crippen molar-refractivity contribution in [2.45, 2.75) is 6.54 Å². The van der Waals surface area contributed by atoms with Crippen molar-refractivity contribution in [3.05, 3.63) is 60.4 Å². The Morgan fingerprint density at radius 1 is 1.12 bits per heavy atom. The van der Waals surface area contributed by atoms with Gasteiger partial charge in [-0.05, 0) is 12.1 Å². The molecule has 3 heterocycles. The molecule has 25 heavy (non-hydrogen) atoms. The van der Waals surface area contributed by atoms with Gasteiger partial charge in [0.05, 0.1) is 18.4 Å². The van der Waals surface area contributed by atoms with Crippen LogP contribution in [0.4, 0.5) is 0 Å². The lowest BCUT2D eigenvalue weighted by Gasteiger charge is -2.34. The Bertz CT molecular complexity index is 820. The van der Waals surface area contributed by atoms with Crippen LogP contribution in [0.1, 0.15) is 16.3 Å². The van der Waals surface area contributed by atoms with Gasteiger partial charge in [-0.2, -0.15) is 0 Å². The van der Waals surface area contributed by atoms with Gasteiger partial charge in [-0.1, -0.05) is 23.4 Å². The van der Waals surface area contributed by atoms with E-state index in [0.29, 0.717) is 18.8 Å². The maximum absolute atomic E-state index is 12.9. The van der Waals surface area contributed by atoms with Crippen LogP contribution >= 0.6 is 0 Å². The van der Waals surface area contributed by atoms with E-state index in [0.717, 1.165) is 31.1 Å². The van der Waals surface area contributed by atoms with E-state index in [4.69, 9.17) is 0 Å². The summed E-state index contributed by atoms with van der Waals surface area (Å²) in [5, 5.41) is 7.99. The molecule has 1 fully saturated rings. The Balaban J connectivity index is 1.42. The first-order chi connectivity index (χ1) is 12.3. The van der Waals surface area contributed by atoms with E-state index >= 15 is 0 Å². The first kappa shape index (κ1) is 15.5. The summed E-state index contributed by atoms with van der Waals surface area (Å²) in [6.07, 6.45) is 5.12. The second kappa shape index (κ2) is 6.86. The third kappa shape index (κ3) is 3.29. The highest BCUT2D eigenvalue weighted by Gasteiger charge is 2.25. The number of aromatic nitrogens is 5. The second-order valence-electron chi connectivity index (χ2n) is 5.97. The number of nitrogens with one attached hydrogen (secondary N) is 1. The Morgan fingerprint density at radius 2 is 1.92 bits per heavy atom. The van der Waals surface area contributed by atoms with Crippen LogP contribution in [0, 0.1) is 0 Å². The largest absolute Gasteiger partial charge is 0.348 e. The van der Waals surface area contributed by atoms with Crippen LogP contribution in [-0.2, 0) is 6.54 Å². The van der Waals surface area contributed by atoms with E-state index < -0.39 is 0 Å². The van der Waals surface area contributed by atoms with Crippen LogP contribution < -0.4 is 0 Å². The van der Waals surface area contributed by atoms with E-state index in [2.05, 4.69) is 25.2 Å². The zero-order chi connectivity index (χ0) is 17.1. The normalized spacial score (nSPS) is 15.4. The van der Waals surface area contributed by atoms with Crippen LogP contribution in [0.2, 0.25) is 0 Å². The number of piperazine rings is 1. The molecule has 1 aliphatic rings. The second-order valence-corrected chi connectivity index (χ2v) is 5.97. The van der Waals surface area contributed by atoms with Gasteiger partial charge in [0.1, 0.15) is 5.82 Å². The van der Waals surface area contributed by atoms with Crippen molar-refractivity contribution in [2.24, 2.45) is 0 Å². The molecule has 3 aromatic rings. The van der Waals surface area contributed by atoms with Gasteiger partial charge in [0.2, 0.25) is 0 Å². The minimum atomic E-state index is -0.0356. The van der Waals surface area contributed by atoms with E-state index in [1.807, 2.05) is 41.4 Å². The number of hydrogen-bond acceptors (Lipinski definition) is 5. The smallest absolute Gasteiger partial charge is 0.274 e. The summed E-state index contributed by atoms with van der Waals surface area (Å²) in [5.74, 6) is 0.914. The first-order valence-electron chi connectivity index (χ1n) is 8.27. The summed E-state index contributed by atoms with van der Waals surface area (Å²) in [6.45, 7) is 3.77. The summed E-state index contributed by atoms with van der Waals surface area (Å²) >= 11 is 0. The van der Waals surface area contributed by atoms with Crippen molar-refractivity contribution in [2.75, 3.05) is 26.2 Å². The molecule has 0 bridgehead atoms. The molecule has 1 N–H and O–H groups in total. The summed E-state index contributed by atoms with van der Waals surface area (Å²) in [7, 11) is 0. The number of imidazole rings is 1. The molecule has 128 valence electrons. The summed E-state index contributed by atoms with van der Waals surface area (Å²) in [6, 6.07) is 9.58. The minimum absolute atomic E-state index is 0.0356. The fourth-order valence-electron chi connectivity index (χ4n) is 3.01. The molecule has 1 aliphatic heterocycles. The molecule has 1 aromatic carbocycles. The molecule has 8 heteroatoms. The van der Waals surface area contributed by atoms with Crippen LogP contribution in [0.3, 0.4) is 0 Å². The Labute approximate surface area is 145 Å². The third-order valence-electron chi connectivity index (χ3n) is 4.36. The van der Waals surface area contributed by atoms with Gasteiger partial charge in [-0.25, -0.2) is 9.67 Å². The van der Waals surface area contributed by atoms with Crippen LogP contribution in [0.5, 0.6) is 0 Å². The predicted octanol–water partition coefficient (Wildman–Crippen LogP) is 0.948. The topological polar surface area (TPSA) is 82.9 Å². The monoisotopic (exact) mass is 337 g/mol. The zero-order valence-corrected chi connectivity index (χ0v) is 13.7. The Kier molecular flexibility index (Phi) is 4.26. The molecule has 0 saturated carbocycles. The van der Waals surface area contributed by atoms with Gasteiger partial charge in [-0.15, -0.1) is 5.10 Å². The summed E-state index contributed by atoms with van der Waals surface area (Å²) in [5.41, 5.74) is 1.32. The van der Waals surface area contributed by atoms with Gasteiger partial charge < -0.3 is 9.88 Å². The number of carbonyl (C=O) groups is 1. The number of para-hydroxylation sites is 1. The zero-order valence-electron chi connectivity index (χ0n) is 13.7. The molecular weight excluding hydrogens is 318 g/mol. The Morgan fingerprint density at radius 3 is 2.64 bits per heavy atom. The lowest BCUT2D eigenvalue weighted by molar-refractivity contribution is 0.0617. The maximum atomic E-state index is 12.9. The van der Waals surface area contributed by atoms with Gasteiger partial charge in [0.15, 0.2) is 5.69 Å². The van der Waals surface area contributed by atoms with Crippen molar-refractivity contribution in [1.29, 1.82) is 0 Å². The number of carbonyl (C=O) groups excluding carboxylic acids is 1. The summed E-state index contributed by atoms with van der Waals surface area (Å²) in [4.78, 5) is 24.4. The quantitative estimate of drug-likeness (QED) is 0.766. The van der Waals surface area contributed by atoms with Crippen LogP contribution in [0.25, 0.3) is 5.69 Å². The highest BCUT2D eigenvalue weighted by Crippen LogP contribution is 2.13. The molecule has 2 aromatic heterocycles. The highest BCUT2D eigenvalue weighted by atomic mass is 16.2. The molecule has 8 nitrogen and oxygen atoms in total. The molecule has 0 spiro atoms. The van der Waals surface area contributed by atoms with E-state index in [-0.39, 0.29) is 5.91 Å². The third-order valence-corrected chi connectivity index (χ3v) is 4.36. The lowest BCUT2D eigenvalue weighted by Crippen LogP contribution is -2.48. The van der Waals surface area contributed by atoms with Gasteiger partial charge >= 0.3 is 0 Å². The van der Waals surface area contributed by atoms with E-state index in [9.17, 15) is 4.79 Å². The standard InChI is InChI=1S/C17H19N7O/c25-17(15-12-20-21-24(15)14-4-2-1-3-5-14)23-10-8-22(9-11-23)13-16-18-6-7-19-16/h1-7,12H,8-11,13H2,(H,18,19). The number of nitrogens with zero attached hydrogens (tertiary/aromatic N) is 6. The number of amides is 1. The summed E-state index contributed by atoms with van der Waals surface area (Å²) < 4.78 is 1.59. The fraction of sp³-hybridized carbons (Fsp3) is 0.294.